The number of halogens is 2. The molecule has 2 aromatic carbocycles. The fraction of sp³-hybridized carbons (Fsp3) is 0. The van der Waals surface area contributed by atoms with Gasteiger partial charge < -0.3 is 14.8 Å². The van der Waals surface area contributed by atoms with Gasteiger partial charge in [-0.05, 0) is 36.4 Å². The Morgan fingerprint density at radius 3 is 2.44 bits per heavy atom. The summed E-state index contributed by atoms with van der Waals surface area (Å²) in [5.41, 5.74) is -0.0313. The number of carboxylic acid groups (broad SMARTS) is 1. The number of aromatic carboxylic acids is 1. The van der Waals surface area contributed by atoms with E-state index < -0.39 is 23.1 Å². The molecular weight excluding hydrogens is 414 g/mol. The van der Waals surface area contributed by atoms with Crippen LogP contribution in [0.25, 0.3) is 11.0 Å². The Labute approximate surface area is 154 Å². The molecule has 0 fully saturated rings. The maximum Gasteiger partial charge on any atom is 0.371 e. The van der Waals surface area contributed by atoms with E-state index >= 15 is 0 Å². The highest BCUT2D eigenvalue weighted by molar-refractivity contribution is 9.10. The second-order valence-electron chi connectivity index (χ2n) is 5.07. The SMILES string of the molecule is O=C(Nc1cc(Br)cc2c(=O)cc(C(=O)O)oc12)c1ccc(Cl)cc1. The van der Waals surface area contributed by atoms with Crippen molar-refractivity contribution in [1.29, 1.82) is 0 Å². The largest absolute Gasteiger partial charge is 0.475 e. The normalized spacial score (nSPS) is 10.6. The molecule has 1 aromatic heterocycles. The highest BCUT2D eigenvalue weighted by atomic mass is 79.9. The molecule has 0 unspecified atom stereocenters. The Bertz CT molecular complexity index is 1060. The first-order valence-electron chi connectivity index (χ1n) is 6.93. The standard InChI is InChI=1S/C17H9BrClNO5/c18-9-5-11-13(21)7-14(17(23)24)25-15(11)12(6-9)20-16(22)8-1-3-10(19)4-2-8/h1-7H,(H,20,22)(H,23,24). The molecule has 25 heavy (non-hydrogen) atoms. The Hall–Kier alpha value is -2.64. The summed E-state index contributed by atoms with van der Waals surface area (Å²) in [4.78, 5) is 35.6. The lowest BCUT2D eigenvalue weighted by atomic mass is 10.1. The number of carboxylic acids is 1. The van der Waals surface area contributed by atoms with Gasteiger partial charge in [-0.25, -0.2) is 4.79 Å². The van der Waals surface area contributed by atoms with Crippen molar-refractivity contribution in [3.05, 3.63) is 73.5 Å². The molecular formula is C17H9BrClNO5. The Kier molecular flexibility index (Phi) is 4.61. The minimum absolute atomic E-state index is 0.0181. The van der Waals surface area contributed by atoms with Crippen LogP contribution in [0.2, 0.25) is 5.02 Å². The van der Waals surface area contributed by atoms with Crippen LogP contribution in [0.4, 0.5) is 5.69 Å². The molecule has 0 bridgehead atoms. The summed E-state index contributed by atoms with van der Waals surface area (Å²) in [5, 5.41) is 12.3. The van der Waals surface area contributed by atoms with Crippen molar-refractivity contribution in [2.24, 2.45) is 0 Å². The molecule has 1 heterocycles. The van der Waals surface area contributed by atoms with Gasteiger partial charge in [-0.15, -0.1) is 0 Å². The lowest BCUT2D eigenvalue weighted by Gasteiger charge is -2.09. The van der Waals surface area contributed by atoms with E-state index in [0.717, 1.165) is 6.07 Å². The summed E-state index contributed by atoms with van der Waals surface area (Å²) < 4.78 is 5.82. The lowest BCUT2D eigenvalue weighted by Crippen LogP contribution is -2.13. The molecule has 0 aliphatic heterocycles. The van der Waals surface area contributed by atoms with Crippen LogP contribution in [-0.2, 0) is 0 Å². The van der Waals surface area contributed by atoms with Gasteiger partial charge in [0.1, 0.15) is 0 Å². The Balaban J connectivity index is 2.11. The first-order chi connectivity index (χ1) is 11.8. The van der Waals surface area contributed by atoms with Gasteiger partial charge in [0.15, 0.2) is 11.0 Å². The minimum Gasteiger partial charge on any atom is -0.475 e. The van der Waals surface area contributed by atoms with Gasteiger partial charge in [0.05, 0.1) is 11.1 Å². The summed E-state index contributed by atoms with van der Waals surface area (Å²) >= 11 is 9.05. The number of anilines is 1. The smallest absolute Gasteiger partial charge is 0.371 e. The van der Waals surface area contributed by atoms with Crippen molar-refractivity contribution in [1.82, 2.24) is 0 Å². The van der Waals surface area contributed by atoms with Gasteiger partial charge >= 0.3 is 5.97 Å². The Morgan fingerprint density at radius 1 is 1.12 bits per heavy atom. The van der Waals surface area contributed by atoms with Crippen LogP contribution in [-0.4, -0.2) is 17.0 Å². The molecule has 8 heteroatoms. The average molecular weight is 423 g/mol. The number of benzene rings is 2. The predicted octanol–water partition coefficient (Wildman–Crippen LogP) is 4.16. The van der Waals surface area contributed by atoms with Crippen molar-refractivity contribution >= 4 is 56.1 Å². The third kappa shape index (κ3) is 3.57. The lowest BCUT2D eigenvalue weighted by molar-refractivity contribution is 0.0663. The zero-order valence-electron chi connectivity index (χ0n) is 12.4. The van der Waals surface area contributed by atoms with Crippen molar-refractivity contribution < 1.29 is 19.1 Å². The monoisotopic (exact) mass is 421 g/mol. The highest BCUT2D eigenvalue weighted by Gasteiger charge is 2.16. The first-order valence-corrected chi connectivity index (χ1v) is 8.10. The van der Waals surface area contributed by atoms with Crippen LogP contribution in [0.1, 0.15) is 20.9 Å². The van der Waals surface area contributed by atoms with Crippen molar-refractivity contribution in [2.45, 2.75) is 0 Å². The summed E-state index contributed by atoms with van der Waals surface area (Å²) in [6.45, 7) is 0. The predicted molar refractivity (Wildman–Crippen MR) is 96.5 cm³/mol. The third-order valence-electron chi connectivity index (χ3n) is 3.36. The van der Waals surface area contributed by atoms with E-state index in [1.807, 2.05) is 0 Å². The first kappa shape index (κ1) is 17.2. The topological polar surface area (TPSA) is 96.6 Å². The van der Waals surface area contributed by atoms with Gasteiger partial charge in [0, 0.05) is 21.1 Å². The molecule has 0 spiro atoms. The molecule has 0 aliphatic carbocycles. The summed E-state index contributed by atoms with van der Waals surface area (Å²) in [5.74, 6) is -2.35. The molecule has 2 N–H and O–H groups in total. The fourth-order valence-electron chi connectivity index (χ4n) is 2.22. The van der Waals surface area contributed by atoms with E-state index in [1.54, 1.807) is 12.1 Å². The zero-order chi connectivity index (χ0) is 18.1. The van der Waals surface area contributed by atoms with E-state index in [1.165, 1.54) is 24.3 Å². The van der Waals surface area contributed by atoms with Crippen LogP contribution >= 0.6 is 27.5 Å². The van der Waals surface area contributed by atoms with Gasteiger partial charge in [-0.2, -0.15) is 0 Å². The minimum atomic E-state index is -1.38. The van der Waals surface area contributed by atoms with Gasteiger partial charge in [0.2, 0.25) is 5.76 Å². The van der Waals surface area contributed by atoms with Crippen molar-refractivity contribution in [3.63, 3.8) is 0 Å². The van der Waals surface area contributed by atoms with Crippen LogP contribution in [0.15, 0.2) is 56.1 Å². The number of carbonyl (C=O) groups is 2. The molecule has 0 aliphatic rings. The van der Waals surface area contributed by atoms with Crippen molar-refractivity contribution in [2.75, 3.05) is 5.32 Å². The number of hydrogen-bond donors (Lipinski definition) is 2. The van der Waals surface area contributed by atoms with Gasteiger partial charge in [-0.3, -0.25) is 9.59 Å². The summed E-state index contributed by atoms with van der Waals surface area (Å²) in [7, 11) is 0. The van der Waals surface area contributed by atoms with Gasteiger partial charge in [-0.1, -0.05) is 27.5 Å². The molecule has 0 saturated carbocycles. The quantitative estimate of drug-likeness (QED) is 0.661. The van der Waals surface area contributed by atoms with Crippen LogP contribution in [0, 0.1) is 0 Å². The molecule has 6 nitrogen and oxygen atoms in total. The molecule has 3 rings (SSSR count). The molecule has 3 aromatic rings. The molecule has 1 amide bonds. The number of hydrogen-bond acceptors (Lipinski definition) is 4. The average Bonchev–Trinajstić information content (AvgIpc) is 2.56. The third-order valence-corrected chi connectivity index (χ3v) is 4.07. The maximum absolute atomic E-state index is 12.4. The van der Waals surface area contributed by atoms with E-state index in [9.17, 15) is 14.4 Å². The molecule has 126 valence electrons. The number of fused-ring (bicyclic) bond motifs is 1. The number of rotatable bonds is 3. The zero-order valence-corrected chi connectivity index (χ0v) is 14.7. The highest BCUT2D eigenvalue weighted by Crippen LogP contribution is 2.28. The maximum atomic E-state index is 12.4. The Morgan fingerprint density at radius 2 is 1.80 bits per heavy atom. The van der Waals surface area contributed by atoms with E-state index in [2.05, 4.69) is 21.2 Å². The second-order valence-corrected chi connectivity index (χ2v) is 6.42. The van der Waals surface area contributed by atoms with E-state index in [0.29, 0.717) is 15.1 Å². The van der Waals surface area contributed by atoms with Crippen LogP contribution in [0.3, 0.4) is 0 Å². The number of carbonyl (C=O) groups excluding carboxylic acids is 1. The molecule has 0 atom stereocenters. The van der Waals surface area contributed by atoms with Crippen LogP contribution < -0.4 is 10.7 Å². The van der Waals surface area contributed by atoms with E-state index in [-0.39, 0.29) is 16.7 Å². The second kappa shape index (κ2) is 6.70. The number of nitrogens with one attached hydrogen (secondary N) is 1. The number of amides is 1. The van der Waals surface area contributed by atoms with E-state index in [4.69, 9.17) is 21.1 Å². The van der Waals surface area contributed by atoms with Gasteiger partial charge in [0.25, 0.3) is 5.91 Å². The van der Waals surface area contributed by atoms with Crippen molar-refractivity contribution in [3.8, 4) is 0 Å². The summed E-state index contributed by atoms with van der Waals surface area (Å²) in [6.07, 6.45) is 0. The van der Waals surface area contributed by atoms with Crippen LogP contribution in [0.5, 0.6) is 0 Å². The molecule has 0 radical (unpaired) electrons. The summed E-state index contributed by atoms with van der Waals surface area (Å²) in [6, 6.07) is 10.1. The molecule has 0 saturated heterocycles. The fourth-order valence-corrected chi connectivity index (χ4v) is 2.80.